The largest absolute Gasteiger partial charge is 0.420 e. The van der Waals surface area contributed by atoms with Crippen molar-refractivity contribution in [3.05, 3.63) is 29.3 Å². The monoisotopic (exact) mass is 876 g/mol. The van der Waals surface area contributed by atoms with E-state index in [0.717, 1.165) is 0 Å². The number of benzene rings is 1. The van der Waals surface area contributed by atoms with Crippen LogP contribution >= 0.6 is 0 Å². The molecule has 320 valence electrons. The van der Waals surface area contributed by atoms with Gasteiger partial charge in [0.15, 0.2) is 0 Å². The predicted molar refractivity (Wildman–Crippen MR) is 273 cm³/mol. The van der Waals surface area contributed by atoms with Crippen LogP contribution in [-0.4, -0.2) is 63.3 Å². The summed E-state index contributed by atoms with van der Waals surface area (Å²) in [6, 6.07) is 7.00. The Balaban J connectivity index is 4.23. The summed E-state index contributed by atoms with van der Waals surface area (Å²) in [5.74, 6) is 0. The summed E-state index contributed by atoms with van der Waals surface area (Å²) >= 11 is 0. The van der Waals surface area contributed by atoms with Gasteiger partial charge in [0, 0.05) is 20.2 Å². The Bertz CT molecular complexity index is 1500. The lowest BCUT2D eigenvalue weighted by Gasteiger charge is -2.84. The molecule has 2 nitrogen and oxygen atoms in total. The Hall–Kier alpha value is 0.368. The molecule has 0 aromatic heterocycles. The van der Waals surface area contributed by atoms with Crippen LogP contribution in [0.15, 0.2) is 18.2 Å². The molecule has 0 spiro atoms. The highest BCUT2D eigenvalue weighted by Crippen LogP contribution is 2.74. The van der Waals surface area contributed by atoms with Crippen LogP contribution in [0.5, 0.6) is 0 Å². The van der Waals surface area contributed by atoms with E-state index in [1.54, 1.807) is 0 Å². The van der Waals surface area contributed by atoms with Crippen LogP contribution in [0.25, 0.3) is 0 Å². The molecule has 1 aliphatic rings. The molecule has 0 unspecified atom stereocenters. The highest BCUT2D eigenvalue weighted by atomic mass is 30.3. The molecule has 1 aromatic rings. The molecule has 0 fully saturated rings. The summed E-state index contributed by atoms with van der Waals surface area (Å²) in [4.78, 5) is 1.88. The van der Waals surface area contributed by atoms with Crippen molar-refractivity contribution in [3.8, 4) is 0 Å². The van der Waals surface area contributed by atoms with Gasteiger partial charge in [0.05, 0.1) is 36.5 Å². The van der Waals surface area contributed by atoms with Crippen molar-refractivity contribution in [3.63, 3.8) is 0 Å². The molecular weight excluding hydrogens is 779 g/mol. The number of para-hydroxylation sites is 1. The SMILES string of the molecule is CO[Si@@]1([Si](C)(C(C)(C)C)C(C)(C)C)C(Nc2c(C)cccc2C)=[Si]([Si](C)(C(C)(C)C)C(C)(C)C)[Si]1([Si](C)(C(C)(C)C)C(C)(C)C)[Si](C)(C(C)(C)C)C(C)(C)C. The van der Waals surface area contributed by atoms with Gasteiger partial charge in [-0.25, -0.2) is 0 Å². The van der Waals surface area contributed by atoms with E-state index in [4.69, 9.17) is 9.74 Å². The molecule has 0 saturated carbocycles. The lowest BCUT2D eigenvalue weighted by Crippen LogP contribution is -3.13. The van der Waals surface area contributed by atoms with Gasteiger partial charge in [0.1, 0.15) is 0 Å². The number of hydrogen-bond acceptors (Lipinski definition) is 2. The van der Waals surface area contributed by atoms with E-state index in [2.05, 4.69) is 232 Å². The summed E-state index contributed by atoms with van der Waals surface area (Å²) in [5.41, 5.74) is 4.16. The first-order chi connectivity index (χ1) is 23.7. The maximum Gasteiger partial charge on any atom is 0.203 e. The highest BCUT2D eigenvalue weighted by molar-refractivity contribution is 8.25. The maximum absolute atomic E-state index is 8.48. The summed E-state index contributed by atoms with van der Waals surface area (Å²) in [6.07, 6.45) is -2.64. The number of anilines is 1. The fourth-order valence-corrected chi connectivity index (χ4v) is 297. The van der Waals surface area contributed by atoms with Gasteiger partial charge in [-0.3, -0.25) is 0 Å². The van der Waals surface area contributed by atoms with Gasteiger partial charge in [-0.15, -0.1) is 0 Å². The van der Waals surface area contributed by atoms with Gasteiger partial charge < -0.3 is 9.74 Å². The molecule has 1 aliphatic heterocycles. The zero-order valence-corrected chi connectivity index (χ0v) is 50.1. The molecule has 0 saturated heterocycles. The Morgan fingerprint density at radius 1 is 0.473 bits per heavy atom. The van der Waals surface area contributed by atoms with Crippen molar-refractivity contribution >= 4 is 61.9 Å². The summed E-state index contributed by atoms with van der Waals surface area (Å²) in [7, 11) is -11.5. The number of aryl methyl sites for hydroxylation is 2. The van der Waals surface area contributed by atoms with E-state index >= 15 is 0 Å². The van der Waals surface area contributed by atoms with Crippen LogP contribution in [0.1, 0.15) is 177 Å². The van der Waals surface area contributed by atoms with Crippen molar-refractivity contribution in [2.45, 2.75) is 247 Å². The normalized spacial score (nSPS) is 20.5. The molecule has 1 aromatic carbocycles. The van der Waals surface area contributed by atoms with Crippen molar-refractivity contribution in [1.82, 2.24) is 0 Å². The summed E-state index contributed by atoms with van der Waals surface area (Å²) in [6.45, 7) is 82.2. The van der Waals surface area contributed by atoms with Crippen LogP contribution in [0.4, 0.5) is 5.69 Å². The van der Waals surface area contributed by atoms with Crippen molar-refractivity contribution < 1.29 is 4.43 Å². The van der Waals surface area contributed by atoms with E-state index in [9.17, 15) is 0 Å². The maximum atomic E-state index is 8.48. The minimum Gasteiger partial charge on any atom is -0.420 e. The minimum atomic E-state index is -2.93. The molecule has 0 aliphatic carbocycles. The molecule has 1 atom stereocenters. The molecule has 2 rings (SSSR count). The molecule has 0 radical (unpaired) electrons. The van der Waals surface area contributed by atoms with Crippen LogP contribution in [0.2, 0.25) is 66.5 Å². The average molecular weight is 877 g/mol. The first-order valence-electron chi connectivity index (χ1n) is 21.9. The summed E-state index contributed by atoms with van der Waals surface area (Å²) in [5, 5.41) is 6.19. The van der Waals surface area contributed by atoms with Crippen LogP contribution in [0.3, 0.4) is 0 Å². The first-order valence-corrected chi connectivity index (χ1v) is 43.3. The molecule has 1 N–H and O–H groups in total. The molecule has 55 heavy (non-hydrogen) atoms. The minimum absolute atomic E-state index is 0.129. The van der Waals surface area contributed by atoms with Crippen molar-refractivity contribution in [2.75, 3.05) is 12.4 Å². The van der Waals surface area contributed by atoms with Gasteiger partial charge in [-0.05, 0) is 70.2 Å². The van der Waals surface area contributed by atoms with E-state index in [-0.39, 0.29) is 40.3 Å². The lowest BCUT2D eigenvalue weighted by molar-refractivity contribution is 0.429. The van der Waals surface area contributed by atoms with Crippen LogP contribution < -0.4 is 5.32 Å². The summed E-state index contributed by atoms with van der Waals surface area (Å²) < 4.78 is 8.48. The Morgan fingerprint density at radius 3 is 0.964 bits per heavy atom. The zero-order valence-electron chi connectivity index (χ0n) is 43.1. The second kappa shape index (κ2) is 14.2. The Kier molecular flexibility index (Phi) is 13.3. The van der Waals surface area contributed by atoms with Crippen molar-refractivity contribution in [2.24, 2.45) is 0 Å². The van der Waals surface area contributed by atoms with Gasteiger partial charge in [0.2, 0.25) is 7.35 Å². The second-order valence-electron chi connectivity index (χ2n) is 27.3. The number of rotatable bonds is 7. The highest BCUT2D eigenvalue weighted by Gasteiger charge is 2.94. The molecule has 1 heterocycles. The predicted octanol–water partition coefficient (Wildman–Crippen LogP) is 15.7. The van der Waals surface area contributed by atoms with Gasteiger partial charge in [-0.2, -0.15) is 0 Å². The fourth-order valence-electron chi connectivity index (χ4n) is 13.9. The molecule has 0 bridgehead atoms. The molecule has 9 heteroatoms. The number of hydrogen-bond donors (Lipinski definition) is 1. The Labute approximate surface area is 352 Å². The van der Waals surface area contributed by atoms with Gasteiger partial charge in [-0.1, -0.05) is 211 Å². The smallest absolute Gasteiger partial charge is 0.203 e. The van der Waals surface area contributed by atoms with E-state index in [1.807, 2.05) is 4.92 Å². The quantitative estimate of drug-likeness (QED) is 0.276. The van der Waals surface area contributed by atoms with E-state index in [1.165, 1.54) is 16.8 Å². The van der Waals surface area contributed by atoms with Crippen LogP contribution in [-0.2, 0) is 4.43 Å². The van der Waals surface area contributed by atoms with Gasteiger partial charge >= 0.3 is 0 Å². The third-order valence-electron chi connectivity index (χ3n) is 18.2. The lowest BCUT2D eigenvalue weighted by atomic mass is 10.1. The second-order valence-corrected chi connectivity index (χ2v) is 94.0. The van der Waals surface area contributed by atoms with Crippen LogP contribution in [0, 0.1) is 13.8 Å². The fraction of sp³-hybridized carbons (Fsp3) is 0.848. The molecular formula is C46H97NOSi7. The number of nitrogens with one attached hydrogen (secondary N) is 1. The standard InChI is InChI=1S/C46H97NOSi7/c1-35-33-32-34-36(2)37(35)47-38-49(50(28,39(3,4)5)40(6,7)8)55(52(30,43(15,16)17)44(18,19)20,53(31,45(21,22)23)46(24,25)26)54(38,48-27)51(29,41(9,10)11)42(12,13)14/h32-34,47H,1-31H3/t54-/m1/s1. The first kappa shape index (κ1) is 51.5. The Morgan fingerprint density at radius 2 is 0.745 bits per heavy atom. The third kappa shape index (κ3) is 6.51. The van der Waals surface area contributed by atoms with Crippen molar-refractivity contribution in [1.29, 1.82) is 0 Å². The van der Waals surface area contributed by atoms with E-state index in [0.29, 0.717) is 0 Å². The topological polar surface area (TPSA) is 21.3 Å². The van der Waals surface area contributed by atoms with E-state index < -0.39 is 51.3 Å². The molecule has 0 amide bonds. The average Bonchev–Trinajstić information content (AvgIpc) is 2.90. The van der Waals surface area contributed by atoms with Gasteiger partial charge in [0.25, 0.3) is 0 Å². The third-order valence-corrected chi connectivity index (χ3v) is 173. The zero-order chi connectivity index (χ0) is 44.4.